The Kier molecular flexibility index (Phi) is 6.42. The lowest BCUT2D eigenvalue weighted by Gasteiger charge is -2.33. The largest absolute Gasteiger partial charge is 0.337 e. The van der Waals surface area contributed by atoms with Gasteiger partial charge in [0.1, 0.15) is 0 Å². The number of hydrogen-bond donors (Lipinski definition) is 2. The zero-order chi connectivity index (χ0) is 17.5. The molecule has 0 radical (unpaired) electrons. The molecule has 134 valence electrons. The van der Waals surface area contributed by atoms with E-state index in [0.29, 0.717) is 12.6 Å². The minimum Gasteiger partial charge on any atom is -0.337 e. The number of benzene rings is 1. The smallest absolute Gasteiger partial charge is 0.319 e. The number of hydrogen-bond acceptors (Lipinski definition) is 4. The molecular weight excluding hydrogens is 332 g/mol. The van der Waals surface area contributed by atoms with Gasteiger partial charge in [-0.2, -0.15) is 0 Å². The number of nitrogens with one attached hydrogen (secondary N) is 2. The van der Waals surface area contributed by atoms with Crippen LogP contribution in [-0.2, 0) is 13.0 Å². The van der Waals surface area contributed by atoms with E-state index < -0.39 is 0 Å². The van der Waals surface area contributed by atoms with Crippen LogP contribution in [0.3, 0.4) is 0 Å². The molecule has 2 amide bonds. The van der Waals surface area contributed by atoms with Gasteiger partial charge in [-0.15, -0.1) is 11.3 Å². The topological polar surface area (TPSA) is 57.3 Å². The second-order valence-corrected chi connectivity index (χ2v) is 7.35. The quantitative estimate of drug-likeness (QED) is 0.824. The van der Waals surface area contributed by atoms with Gasteiger partial charge in [0.2, 0.25) is 0 Å². The minimum absolute atomic E-state index is 0.168. The Bertz CT molecular complexity index is 674. The third-order valence-electron chi connectivity index (χ3n) is 4.66. The Morgan fingerprint density at radius 1 is 1.40 bits per heavy atom. The zero-order valence-corrected chi connectivity index (χ0v) is 15.5. The highest BCUT2D eigenvalue weighted by Crippen LogP contribution is 2.20. The first kappa shape index (κ1) is 17.9. The van der Waals surface area contributed by atoms with E-state index in [1.54, 1.807) is 11.3 Å². The second-order valence-electron chi connectivity index (χ2n) is 6.63. The Morgan fingerprint density at radius 3 is 3.12 bits per heavy atom. The number of nitrogens with zero attached hydrogens (tertiary/aromatic N) is 2. The van der Waals surface area contributed by atoms with Gasteiger partial charge in [0.25, 0.3) is 0 Å². The molecule has 1 aliphatic heterocycles. The van der Waals surface area contributed by atoms with Crippen molar-refractivity contribution in [2.24, 2.45) is 0 Å². The first-order valence-electron chi connectivity index (χ1n) is 8.95. The maximum absolute atomic E-state index is 12.0. The summed E-state index contributed by atoms with van der Waals surface area (Å²) in [5, 5.41) is 7.81. The normalized spacial score (nSPS) is 18.0. The summed E-state index contributed by atoms with van der Waals surface area (Å²) in [5.41, 5.74) is 4.91. The number of aromatic nitrogens is 1. The van der Waals surface area contributed by atoms with Gasteiger partial charge in [0.15, 0.2) is 0 Å². The summed E-state index contributed by atoms with van der Waals surface area (Å²) in [6, 6.07) is 8.62. The van der Waals surface area contributed by atoms with Gasteiger partial charge in [-0.25, -0.2) is 9.78 Å². The molecule has 3 rings (SSSR count). The van der Waals surface area contributed by atoms with E-state index in [9.17, 15) is 4.79 Å². The molecule has 0 spiro atoms. The zero-order valence-electron chi connectivity index (χ0n) is 14.7. The average molecular weight is 359 g/mol. The van der Waals surface area contributed by atoms with Crippen molar-refractivity contribution in [2.75, 3.05) is 18.4 Å². The first-order valence-corrected chi connectivity index (χ1v) is 9.90. The van der Waals surface area contributed by atoms with Crippen LogP contribution in [0.15, 0.2) is 35.2 Å². The van der Waals surface area contributed by atoms with Crippen molar-refractivity contribution in [2.45, 2.75) is 45.2 Å². The molecule has 1 saturated heterocycles. The molecular formula is C19H26N4OS. The summed E-state index contributed by atoms with van der Waals surface area (Å²) in [6.07, 6.45) is 4.65. The number of anilines is 1. The molecule has 1 aromatic heterocycles. The van der Waals surface area contributed by atoms with Crippen molar-refractivity contribution in [1.29, 1.82) is 0 Å². The molecule has 1 aromatic carbocycles. The molecule has 2 aromatic rings. The number of amides is 2. The van der Waals surface area contributed by atoms with Crippen LogP contribution in [-0.4, -0.2) is 35.0 Å². The number of carbonyl (C=O) groups is 1. The van der Waals surface area contributed by atoms with Crippen LogP contribution < -0.4 is 10.6 Å². The number of piperidine rings is 1. The Morgan fingerprint density at radius 2 is 2.32 bits per heavy atom. The molecule has 0 bridgehead atoms. The Hall–Kier alpha value is -1.92. The third-order valence-corrected chi connectivity index (χ3v) is 5.30. The van der Waals surface area contributed by atoms with Gasteiger partial charge in [-0.1, -0.05) is 18.6 Å². The molecule has 2 N–H and O–H groups in total. The van der Waals surface area contributed by atoms with Crippen LogP contribution in [0.2, 0.25) is 0 Å². The van der Waals surface area contributed by atoms with Crippen LogP contribution in [0.1, 0.15) is 37.4 Å². The second kappa shape index (κ2) is 8.97. The lowest BCUT2D eigenvalue weighted by Crippen LogP contribution is -2.36. The Labute approximate surface area is 153 Å². The molecule has 1 atom stereocenters. The number of carbonyl (C=O) groups excluding carboxylic acids is 1. The van der Waals surface area contributed by atoms with Crippen molar-refractivity contribution in [1.82, 2.24) is 15.2 Å². The Balaban J connectivity index is 1.48. The van der Waals surface area contributed by atoms with Crippen molar-refractivity contribution >= 4 is 23.1 Å². The summed E-state index contributed by atoms with van der Waals surface area (Å²) >= 11 is 1.57. The SMILES string of the molecule is CC1CCCCN1Cc1cccc(NC(=O)NCCc2cscn2)c1. The maximum Gasteiger partial charge on any atom is 0.319 e. The number of urea groups is 1. The minimum atomic E-state index is -0.168. The highest BCUT2D eigenvalue weighted by Gasteiger charge is 2.18. The highest BCUT2D eigenvalue weighted by molar-refractivity contribution is 7.07. The van der Waals surface area contributed by atoms with E-state index in [1.807, 2.05) is 23.0 Å². The summed E-state index contributed by atoms with van der Waals surface area (Å²) in [5.74, 6) is 0. The molecule has 6 heteroatoms. The van der Waals surface area contributed by atoms with Crippen LogP contribution >= 0.6 is 11.3 Å². The van der Waals surface area contributed by atoms with Crippen molar-refractivity contribution in [3.8, 4) is 0 Å². The molecule has 2 heterocycles. The van der Waals surface area contributed by atoms with Crippen LogP contribution in [0, 0.1) is 0 Å². The lowest BCUT2D eigenvalue weighted by atomic mass is 10.0. The molecule has 1 aliphatic rings. The van der Waals surface area contributed by atoms with Crippen LogP contribution in [0.5, 0.6) is 0 Å². The van der Waals surface area contributed by atoms with Gasteiger partial charge in [0, 0.05) is 36.6 Å². The van der Waals surface area contributed by atoms with Gasteiger partial charge in [0.05, 0.1) is 11.2 Å². The van der Waals surface area contributed by atoms with E-state index in [1.165, 1.54) is 24.8 Å². The standard InChI is InChI=1S/C19H26N4OS/c1-15-5-2-3-10-23(15)12-16-6-4-7-17(11-16)22-19(24)20-9-8-18-13-25-14-21-18/h4,6-7,11,13-15H,2-3,5,8-10,12H2,1H3,(H2,20,22,24). The summed E-state index contributed by atoms with van der Waals surface area (Å²) in [6.45, 7) is 5.00. The van der Waals surface area contributed by atoms with Crippen molar-refractivity contribution < 1.29 is 4.79 Å². The fraction of sp³-hybridized carbons (Fsp3) is 0.474. The fourth-order valence-electron chi connectivity index (χ4n) is 3.21. The number of likely N-dealkylation sites (tertiary alicyclic amines) is 1. The molecule has 25 heavy (non-hydrogen) atoms. The third kappa shape index (κ3) is 5.54. The predicted molar refractivity (Wildman–Crippen MR) is 103 cm³/mol. The lowest BCUT2D eigenvalue weighted by molar-refractivity contribution is 0.152. The van der Waals surface area contributed by atoms with Gasteiger partial charge in [-0.3, -0.25) is 4.90 Å². The van der Waals surface area contributed by atoms with E-state index in [4.69, 9.17) is 0 Å². The molecule has 5 nitrogen and oxygen atoms in total. The van der Waals surface area contributed by atoms with Crippen molar-refractivity contribution in [3.63, 3.8) is 0 Å². The molecule has 0 aliphatic carbocycles. The monoisotopic (exact) mass is 358 g/mol. The van der Waals surface area contributed by atoms with Crippen LogP contribution in [0.25, 0.3) is 0 Å². The van der Waals surface area contributed by atoms with Gasteiger partial charge < -0.3 is 10.6 Å². The summed E-state index contributed by atoms with van der Waals surface area (Å²) < 4.78 is 0. The average Bonchev–Trinajstić information content (AvgIpc) is 3.11. The van der Waals surface area contributed by atoms with E-state index in [0.717, 1.165) is 30.9 Å². The first-order chi connectivity index (χ1) is 12.2. The van der Waals surface area contributed by atoms with Crippen molar-refractivity contribution in [3.05, 3.63) is 46.4 Å². The predicted octanol–water partition coefficient (Wildman–Crippen LogP) is 3.88. The highest BCUT2D eigenvalue weighted by atomic mass is 32.1. The number of rotatable bonds is 6. The van der Waals surface area contributed by atoms with E-state index >= 15 is 0 Å². The fourth-order valence-corrected chi connectivity index (χ4v) is 3.81. The summed E-state index contributed by atoms with van der Waals surface area (Å²) in [7, 11) is 0. The van der Waals surface area contributed by atoms with E-state index in [2.05, 4.69) is 39.6 Å². The van der Waals surface area contributed by atoms with Gasteiger partial charge >= 0.3 is 6.03 Å². The maximum atomic E-state index is 12.0. The molecule has 0 saturated carbocycles. The van der Waals surface area contributed by atoms with E-state index in [-0.39, 0.29) is 6.03 Å². The number of thiazole rings is 1. The molecule has 1 unspecified atom stereocenters. The molecule has 1 fully saturated rings. The van der Waals surface area contributed by atoms with Gasteiger partial charge in [-0.05, 0) is 44.0 Å². The summed E-state index contributed by atoms with van der Waals surface area (Å²) in [4.78, 5) is 18.8. The van der Waals surface area contributed by atoms with Crippen LogP contribution in [0.4, 0.5) is 10.5 Å².